The molecular weight excluding hydrogens is 628 g/mol. The molecule has 2 N–H and O–H groups in total. The van der Waals surface area contributed by atoms with Gasteiger partial charge >= 0.3 is 0 Å². The number of aromatic nitrogens is 2. The van der Waals surface area contributed by atoms with Crippen LogP contribution < -0.4 is 20.1 Å². The van der Waals surface area contributed by atoms with E-state index in [2.05, 4.69) is 25.5 Å². The van der Waals surface area contributed by atoms with Gasteiger partial charge < -0.3 is 25.0 Å². The number of carbonyl (C=O) groups excluding carboxylic acids is 1. The predicted molar refractivity (Wildman–Crippen MR) is 162 cm³/mol. The van der Waals surface area contributed by atoms with Gasteiger partial charge in [-0.3, -0.25) is 4.79 Å². The number of carbonyl (C=O) groups is 1. The predicted octanol–water partition coefficient (Wildman–Crippen LogP) is 7.97. The number of para-hydroxylation sites is 1. The van der Waals surface area contributed by atoms with E-state index in [1.54, 1.807) is 32.0 Å². The topological polar surface area (TPSA) is 88.6 Å². The molecule has 0 spiro atoms. The maximum atomic E-state index is 14.9. The molecule has 47 heavy (non-hydrogen) atoms. The lowest BCUT2D eigenvalue weighted by atomic mass is 10.1. The van der Waals surface area contributed by atoms with Crippen molar-refractivity contribution in [3.8, 4) is 17.4 Å². The van der Waals surface area contributed by atoms with Crippen LogP contribution in [0.2, 0.25) is 0 Å². The van der Waals surface area contributed by atoms with Crippen LogP contribution >= 0.6 is 0 Å². The number of benzene rings is 3. The van der Waals surface area contributed by atoms with E-state index >= 15 is 0 Å². The zero-order valence-electron chi connectivity index (χ0n) is 25.5. The van der Waals surface area contributed by atoms with Crippen molar-refractivity contribution in [2.24, 2.45) is 0 Å². The third kappa shape index (κ3) is 7.76. The van der Waals surface area contributed by atoms with Crippen molar-refractivity contribution < 1.29 is 40.6 Å². The number of hydrogen-bond acceptors (Lipinski definition) is 7. The quantitative estimate of drug-likeness (QED) is 0.0731. The van der Waals surface area contributed by atoms with E-state index in [0.29, 0.717) is 23.4 Å². The fraction of sp³-hybridized carbons (Fsp3) is 0.303. The molecule has 1 fully saturated rings. The summed E-state index contributed by atoms with van der Waals surface area (Å²) in [7, 11) is 0. The number of amides is 1. The summed E-state index contributed by atoms with van der Waals surface area (Å²) in [5.41, 5.74) is 1.39. The first-order valence-corrected chi connectivity index (χ1v) is 14.9. The van der Waals surface area contributed by atoms with Gasteiger partial charge in [0.15, 0.2) is 11.6 Å². The van der Waals surface area contributed by atoms with Gasteiger partial charge in [0.2, 0.25) is 46.7 Å². The molecule has 1 aromatic heterocycles. The fourth-order valence-electron chi connectivity index (χ4n) is 5.10. The van der Waals surface area contributed by atoms with Gasteiger partial charge in [-0.15, -0.1) is 0 Å². The number of nitrogens with zero attached hydrogens (tertiary/aromatic N) is 3. The van der Waals surface area contributed by atoms with Crippen molar-refractivity contribution in [2.75, 3.05) is 36.9 Å². The lowest BCUT2D eigenvalue weighted by molar-refractivity contribution is 0.102. The zero-order valence-corrected chi connectivity index (χ0v) is 25.5. The smallest absolute Gasteiger partial charge is 0.262 e. The Morgan fingerprint density at radius 1 is 0.894 bits per heavy atom. The number of hydrogen-bond donors (Lipinski definition) is 2. The summed E-state index contributed by atoms with van der Waals surface area (Å²) in [5, 5.41) is 5.29. The summed E-state index contributed by atoms with van der Waals surface area (Å²) in [6.45, 7) is 6.71. The van der Waals surface area contributed by atoms with Crippen LogP contribution in [0.5, 0.6) is 17.4 Å². The summed E-state index contributed by atoms with van der Waals surface area (Å²) in [4.78, 5) is 23.6. The number of rotatable bonds is 11. The van der Waals surface area contributed by atoms with Crippen molar-refractivity contribution in [1.82, 2.24) is 14.9 Å². The SMILES string of the molecule is Cc1cccc(C)c1NC(=O)c1cnc(Nc2ccc(OCCCN3CCCCC3)c(F)c2)nc1Oc1c(F)c(F)c(F)c(F)c1F. The molecule has 1 aliphatic rings. The van der Waals surface area contributed by atoms with Crippen LogP contribution in [-0.2, 0) is 0 Å². The van der Waals surface area contributed by atoms with E-state index in [1.807, 2.05) is 0 Å². The monoisotopic (exact) mass is 659 g/mol. The number of piperidine rings is 1. The van der Waals surface area contributed by atoms with Gasteiger partial charge in [0, 0.05) is 30.2 Å². The van der Waals surface area contributed by atoms with E-state index in [0.717, 1.165) is 38.3 Å². The molecule has 3 aromatic carbocycles. The van der Waals surface area contributed by atoms with Crippen LogP contribution in [0.3, 0.4) is 0 Å². The second-order valence-electron chi connectivity index (χ2n) is 11.0. The number of aryl methyl sites for hydroxylation is 2. The van der Waals surface area contributed by atoms with Crippen molar-refractivity contribution in [2.45, 2.75) is 39.5 Å². The molecule has 0 radical (unpaired) electrons. The molecule has 1 saturated heterocycles. The van der Waals surface area contributed by atoms with E-state index in [9.17, 15) is 31.1 Å². The highest BCUT2D eigenvalue weighted by Gasteiger charge is 2.29. The number of likely N-dealkylation sites (tertiary alicyclic amines) is 1. The normalized spacial score (nSPS) is 13.4. The summed E-state index contributed by atoms with van der Waals surface area (Å²) in [6.07, 6.45) is 5.22. The Morgan fingerprint density at radius 2 is 1.55 bits per heavy atom. The zero-order chi connectivity index (χ0) is 33.7. The minimum atomic E-state index is -2.39. The lowest BCUT2D eigenvalue weighted by Gasteiger charge is -2.26. The fourth-order valence-corrected chi connectivity index (χ4v) is 5.10. The van der Waals surface area contributed by atoms with Gasteiger partial charge in [-0.05, 0) is 69.5 Å². The Kier molecular flexibility index (Phi) is 10.5. The molecule has 14 heteroatoms. The number of anilines is 3. The van der Waals surface area contributed by atoms with E-state index in [1.165, 1.54) is 31.4 Å². The highest BCUT2D eigenvalue weighted by molar-refractivity contribution is 6.06. The third-order valence-corrected chi connectivity index (χ3v) is 7.60. The summed E-state index contributed by atoms with van der Waals surface area (Å²) < 4.78 is 96.2. The largest absolute Gasteiger partial charge is 0.490 e. The first-order chi connectivity index (χ1) is 22.5. The summed E-state index contributed by atoms with van der Waals surface area (Å²) >= 11 is 0. The molecule has 0 bridgehead atoms. The summed E-state index contributed by atoms with van der Waals surface area (Å²) in [6, 6.07) is 9.15. The Hall–Kier alpha value is -4.85. The average molecular weight is 660 g/mol. The van der Waals surface area contributed by atoms with Gasteiger partial charge in [0.25, 0.3) is 5.91 Å². The Morgan fingerprint density at radius 3 is 2.21 bits per heavy atom. The van der Waals surface area contributed by atoms with Crippen molar-refractivity contribution in [3.63, 3.8) is 0 Å². The van der Waals surface area contributed by atoms with Crippen molar-refractivity contribution in [3.05, 3.63) is 94.2 Å². The van der Waals surface area contributed by atoms with Crippen molar-refractivity contribution in [1.29, 1.82) is 0 Å². The van der Waals surface area contributed by atoms with E-state index in [4.69, 9.17) is 9.47 Å². The van der Waals surface area contributed by atoms with Crippen LogP contribution in [0.25, 0.3) is 0 Å². The second kappa shape index (κ2) is 14.7. The molecule has 1 aliphatic heterocycles. The van der Waals surface area contributed by atoms with Crippen LogP contribution in [0.1, 0.15) is 47.2 Å². The molecule has 4 aromatic rings. The molecule has 0 saturated carbocycles. The minimum Gasteiger partial charge on any atom is -0.490 e. The van der Waals surface area contributed by atoms with Crippen LogP contribution in [0.15, 0.2) is 42.6 Å². The molecule has 1 amide bonds. The minimum absolute atomic E-state index is 0.0176. The summed E-state index contributed by atoms with van der Waals surface area (Å²) in [5.74, 6) is -15.9. The highest BCUT2D eigenvalue weighted by Crippen LogP contribution is 2.34. The van der Waals surface area contributed by atoms with Gasteiger partial charge in [0.1, 0.15) is 5.56 Å². The maximum absolute atomic E-state index is 14.9. The Balaban J connectivity index is 1.38. The highest BCUT2D eigenvalue weighted by atomic mass is 19.2. The first kappa shape index (κ1) is 33.5. The molecular formula is C33H31F6N5O3. The average Bonchev–Trinajstić information content (AvgIpc) is 3.06. The molecule has 0 aliphatic carbocycles. The maximum Gasteiger partial charge on any atom is 0.262 e. The molecule has 248 valence electrons. The number of halogens is 6. The molecule has 5 rings (SSSR count). The van der Waals surface area contributed by atoms with Crippen LogP contribution in [-0.4, -0.2) is 47.0 Å². The van der Waals surface area contributed by atoms with Gasteiger partial charge in [-0.25, -0.2) is 22.5 Å². The van der Waals surface area contributed by atoms with Crippen LogP contribution in [0, 0.1) is 48.8 Å². The Bertz CT molecular complexity index is 1740. The standard InChI is InChI=1S/C33H31F6N5O3/c1-18-8-6-9-19(2)29(18)42-31(45)21-17-40-33(43-32(21)47-30-27(38)25(36)24(35)26(37)28(30)39)41-20-10-11-23(22(34)16-20)46-15-7-14-44-12-4-3-5-13-44/h6,8-11,16-17H,3-5,7,12-15H2,1-2H3,(H,42,45)(H,40,41,43). The van der Waals surface area contributed by atoms with Crippen molar-refractivity contribution >= 4 is 23.2 Å². The van der Waals surface area contributed by atoms with E-state index < -0.39 is 58.0 Å². The van der Waals surface area contributed by atoms with Gasteiger partial charge in [-0.2, -0.15) is 13.8 Å². The third-order valence-electron chi connectivity index (χ3n) is 7.60. The first-order valence-electron chi connectivity index (χ1n) is 14.9. The molecule has 8 nitrogen and oxygen atoms in total. The number of nitrogens with one attached hydrogen (secondary N) is 2. The number of ether oxygens (including phenoxy) is 2. The molecule has 0 atom stereocenters. The second-order valence-corrected chi connectivity index (χ2v) is 11.0. The van der Waals surface area contributed by atoms with Gasteiger partial charge in [0.05, 0.1) is 6.61 Å². The lowest BCUT2D eigenvalue weighted by Crippen LogP contribution is -2.31. The Labute approximate surface area is 266 Å². The van der Waals surface area contributed by atoms with E-state index in [-0.39, 0.29) is 17.4 Å². The van der Waals surface area contributed by atoms with Gasteiger partial charge in [-0.1, -0.05) is 24.6 Å². The van der Waals surface area contributed by atoms with Crippen LogP contribution in [0.4, 0.5) is 43.7 Å². The molecule has 2 heterocycles. The molecule has 0 unspecified atom stereocenters.